The van der Waals surface area contributed by atoms with Gasteiger partial charge in [0.2, 0.25) is 5.91 Å². The van der Waals surface area contributed by atoms with Crippen LogP contribution >= 0.6 is 11.3 Å². The molecule has 1 heterocycles. The molecule has 3 nitrogen and oxygen atoms in total. The maximum atomic E-state index is 12.0. The van der Waals surface area contributed by atoms with E-state index in [9.17, 15) is 4.79 Å². The number of carbonyl (C=O) groups excluding carboxylic acids is 1. The van der Waals surface area contributed by atoms with E-state index in [1.54, 1.807) is 11.3 Å². The summed E-state index contributed by atoms with van der Waals surface area (Å²) in [4.78, 5) is 13.2. The molecule has 1 unspecified atom stereocenters. The lowest BCUT2D eigenvalue weighted by Gasteiger charge is -2.19. The zero-order chi connectivity index (χ0) is 15.9. The quantitative estimate of drug-likeness (QED) is 0.834. The van der Waals surface area contributed by atoms with Crippen molar-refractivity contribution in [3.05, 3.63) is 57.8 Å². The maximum Gasteiger partial charge on any atom is 0.246 e. The van der Waals surface area contributed by atoms with Crippen LogP contribution in [-0.2, 0) is 9.53 Å². The molecule has 2 aromatic rings. The second-order valence-electron chi connectivity index (χ2n) is 5.47. The molecule has 118 valence electrons. The molecule has 4 heteroatoms. The highest BCUT2D eigenvalue weighted by atomic mass is 32.1. The van der Waals surface area contributed by atoms with E-state index in [1.807, 2.05) is 24.4 Å². The number of nitrogens with one attached hydrogen (secondary N) is 1. The van der Waals surface area contributed by atoms with Crippen molar-refractivity contribution in [3.63, 3.8) is 0 Å². The van der Waals surface area contributed by atoms with Crippen LogP contribution in [0, 0.1) is 0 Å². The Morgan fingerprint density at radius 3 is 2.41 bits per heavy atom. The standard InChI is InChI=1S/C18H23NO2S/c1-4-21-12-17(20)19-18(16-6-5-11-22-16)15-9-7-14(8-10-15)13(2)3/h5-11,13,18H,4,12H2,1-3H3,(H,19,20). The summed E-state index contributed by atoms with van der Waals surface area (Å²) in [7, 11) is 0. The minimum absolute atomic E-state index is 0.0896. The van der Waals surface area contributed by atoms with Crippen molar-refractivity contribution < 1.29 is 9.53 Å². The van der Waals surface area contributed by atoms with Crippen molar-refractivity contribution in [1.29, 1.82) is 0 Å². The van der Waals surface area contributed by atoms with Gasteiger partial charge >= 0.3 is 0 Å². The van der Waals surface area contributed by atoms with Crippen LogP contribution in [0.15, 0.2) is 41.8 Å². The molecule has 1 amide bonds. The number of ether oxygens (including phenoxy) is 1. The second kappa shape index (κ2) is 8.11. The van der Waals surface area contributed by atoms with E-state index in [2.05, 4.69) is 43.4 Å². The molecule has 1 aromatic heterocycles. The van der Waals surface area contributed by atoms with E-state index in [-0.39, 0.29) is 18.6 Å². The third kappa shape index (κ3) is 4.42. The summed E-state index contributed by atoms with van der Waals surface area (Å²) in [5.41, 5.74) is 2.39. The van der Waals surface area contributed by atoms with E-state index >= 15 is 0 Å². The highest BCUT2D eigenvalue weighted by Gasteiger charge is 2.18. The third-order valence-corrected chi connectivity index (χ3v) is 4.44. The van der Waals surface area contributed by atoms with Crippen LogP contribution in [0.1, 0.15) is 48.7 Å². The first-order chi connectivity index (χ1) is 10.6. The zero-order valence-corrected chi connectivity index (χ0v) is 14.2. The van der Waals surface area contributed by atoms with Crippen molar-refractivity contribution in [2.45, 2.75) is 32.7 Å². The van der Waals surface area contributed by atoms with Crippen LogP contribution in [-0.4, -0.2) is 19.1 Å². The van der Waals surface area contributed by atoms with Gasteiger partial charge in [0.05, 0.1) is 6.04 Å². The first-order valence-corrected chi connectivity index (χ1v) is 8.50. The van der Waals surface area contributed by atoms with Gasteiger partial charge < -0.3 is 10.1 Å². The number of amides is 1. The Labute approximate surface area is 136 Å². The van der Waals surface area contributed by atoms with Crippen LogP contribution in [0.4, 0.5) is 0 Å². The Morgan fingerprint density at radius 1 is 1.18 bits per heavy atom. The van der Waals surface area contributed by atoms with Crippen molar-refractivity contribution in [3.8, 4) is 0 Å². The lowest BCUT2D eigenvalue weighted by molar-refractivity contribution is -0.126. The lowest BCUT2D eigenvalue weighted by atomic mass is 9.98. The van der Waals surface area contributed by atoms with Gasteiger partial charge in [0.1, 0.15) is 6.61 Å². The summed E-state index contributed by atoms with van der Waals surface area (Å²) in [5, 5.41) is 5.09. The van der Waals surface area contributed by atoms with Gasteiger partial charge in [-0.1, -0.05) is 44.2 Å². The van der Waals surface area contributed by atoms with Gasteiger partial charge in [-0.25, -0.2) is 0 Å². The van der Waals surface area contributed by atoms with Crippen molar-refractivity contribution in [2.24, 2.45) is 0 Å². The Hall–Kier alpha value is -1.65. The number of hydrogen-bond acceptors (Lipinski definition) is 3. The van der Waals surface area contributed by atoms with Crippen LogP contribution in [0.25, 0.3) is 0 Å². The molecule has 22 heavy (non-hydrogen) atoms. The summed E-state index contributed by atoms with van der Waals surface area (Å²) in [5.74, 6) is 0.412. The molecule has 1 N–H and O–H groups in total. The average molecular weight is 317 g/mol. The summed E-state index contributed by atoms with van der Waals surface area (Å²) in [6.45, 7) is 6.88. The van der Waals surface area contributed by atoms with E-state index in [4.69, 9.17) is 4.74 Å². The molecule has 0 spiro atoms. The van der Waals surface area contributed by atoms with Crippen molar-refractivity contribution in [1.82, 2.24) is 5.32 Å². The van der Waals surface area contributed by atoms with Crippen LogP contribution in [0.2, 0.25) is 0 Å². The van der Waals surface area contributed by atoms with Gasteiger partial charge in [0, 0.05) is 11.5 Å². The number of hydrogen-bond donors (Lipinski definition) is 1. The molecule has 1 atom stereocenters. The number of thiophene rings is 1. The Morgan fingerprint density at radius 2 is 1.86 bits per heavy atom. The molecule has 0 bridgehead atoms. The maximum absolute atomic E-state index is 12.0. The fourth-order valence-electron chi connectivity index (χ4n) is 2.25. The lowest BCUT2D eigenvalue weighted by Crippen LogP contribution is -2.32. The van der Waals surface area contributed by atoms with Crippen LogP contribution < -0.4 is 5.32 Å². The van der Waals surface area contributed by atoms with E-state index < -0.39 is 0 Å². The molecule has 2 rings (SSSR count). The highest BCUT2D eigenvalue weighted by molar-refractivity contribution is 7.10. The minimum atomic E-state index is -0.117. The second-order valence-corrected chi connectivity index (χ2v) is 6.45. The summed E-state index contributed by atoms with van der Waals surface area (Å²) < 4.78 is 5.19. The smallest absolute Gasteiger partial charge is 0.246 e. The molecule has 0 fully saturated rings. The predicted octanol–water partition coefficient (Wildman–Crippen LogP) is 4.11. The Balaban J connectivity index is 2.19. The van der Waals surface area contributed by atoms with E-state index in [1.165, 1.54) is 5.56 Å². The van der Waals surface area contributed by atoms with Gasteiger partial charge in [-0.2, -0.15) is 0 Å². The fourth-order valence-corrected chi connectivity index (χ4v) is 3.05. The van der Waals surface area contributed by atoms with Crippen molar-refractivity contribution in [2.75, 3.05) is 13.2 Å². The Bertz CT molecular complexity index is 576. The zero-order valence-electron chi connectivity index (χ0n) is 13.3. The first kappa shape index (κ1) is 16.7. The topological polar surface area (TPSA) is 38.3 Å². The van der Waals surface area contributed by atoms with Gasteiger partial charge in [-0.05, 0) is 35.4 Å². The Kier molecular flexibility index (Phi) is 6.16. The van der Waals surface area contributed by atoms with E-state index in [0.29, 0.717) is 12.5 Å². The number of benzene rings is 1. The first-order valence-electron chi connectivity index (χ1n) is 7.62. The molecule has 0 aliphatic rings. The monoisotopic (exact) mass is 317 g/mol. The normalized spacial score (nSPS) is 12.4. The predicted molar refractivity (Wildman–Crippen MR) is 91.3 cm³/mol. The van der Waals surface area contributed by atoms with Gasteiger partial charge in [0.25, 0.3) is 0 Å². The summed E-state index contributed by atoms with van der Waals surface area (Å²) in [6.07, 6.45) is 0. The summed E-state index contributed by atoms with van der Waals surface area (Å²) >= 11 is 1.65. The van der Waals surface area contributed by atoms with Crippen LogP contribution in [0.3, 0.4) is 0 Å². The minimum Gasteiger partial charge on any atom is -0.372 e. The fraction of sp³-hybridized carbons (Fsp3) is 0.389. The third-order valence-electron chi connectivity index (χ3n) is 3.51. The van der Waals surface area contributed by atoms with Gasteiger partial charge in [0.15, 0.2) is 0 Å². The SMILES string of the molecule is CCOCC(=O)NC(c1ccc(C(C)C)cc1)c1cccs1. The van der Waals surface area contributed by atoms with Crippen LogP contribution in [0.5, 0.6) is 0 Å². The molecule has 1 aromatic carbocycles. The van der Waals surface area contributed by atoms with E-state index in [0.717, 1.165) is 10.4 Å². The molecular formula is C18H23NO2S. The van der Waals surface area contributed by atoms with Gasteiger partial charge in [-0.3, -0.25) is 4.79 Å². The summed E-state index contributed by atoms with van der Waals surface area (Å²) in [6, 6.07) is 12.4. The van der Waals surface area contributed by atoms with Gasteiger partial charge in [-0.15, -0.1) is 11.3 Å². The number of carbonyl (C=O) groups is 1. The molecular weight excluding hydrogens is 294 g/mol. The number of rotatable bonds is 7. The molecule has 0 aliphatic heterocycles. The largest absolute Gasteiger partial charge is 0.372 e. The molecule has 0 saturated carbocycles. The molecule has 0 aliphatic carbocycles. The highest BCUT2D eigenvalue weighted by Crippen LogP contribution is 2.27. The van der Waals surface area contributed by atoms with Crippen molar-refractivity contribution >= 4 is 17.2 Å². The molecule has 0 saturated heterocycles. The average Bonchev–Trinajstić information content (AvgIpc) is 3.05. The molecule has 0 radical (unpaired) electrons.